The maximum atomic E-state index is 4.80. The first kappa shape index (κ1) is 9.06. The summed E-state index contributed by atoms with van der Waals surface area (Å²) in [6, 6.07) is 0. The van der Waals surface area contributed by atoms with E-state index in [0.29, 0.717) is 0 Å². The fourth-order valence-electron chi connectivity index (χ4n) is 0.427. The van der Waals surface area contributed by atoms with E-state index in [1.165, 1.54) is 21.3 Å². The van der Waals surface area contributed by atoms with E-state index in [2.05, 4.69) is 11.5 Å². The molecule has 0 aromatic rings. The third kappa shape index (κ3) is 2.03. The zero-order chi connectivity index (χ0) is 7.33. The van der Waals surface area contributed by atoms with Crippen LogP contribution in [0.5, 0.6) is 0 Å². The first-order valence-corrected chi connectivity index (χ1v) is 3.96. The Morgan fingerprint density at radius 3 is 1.33 bits per heavy atom. The molecule has 1 radical (unpaired) electrons. The van der Waals surface area contributed by atoms with Crippen LogP contribution in [0.25, 0.3) is 0 Å². The molecule has 0 saturated carbocycles. The highest BCUT2D eigenvalue weighted by Crippen LogP contribution is 2.05. The third-order valence-corrected chi connectivity index (χ3v) is 2.78. The predicted molar refractivity (Wildman–Crippen MR) is 33.2 cm³/mol. The molecule has 0 rings (SSSR count). The van der Waals surface area contributed by atoms with E-state index in [1.54, 1.807) is 0 Å². The van der Waals surface area contributed by atoms with Crippen LogP contribution in [0.2, 0.25) is 0 Å². The van der Waals surface area contributed by atoms with Gasteiger partial charge < -0.3 is 17.7 Å². The van der Waals surface area contributed by atoms with Gasteiger partial charge in [0.15, 0.2) is 0 Å². The molecule has 0 spiro atoms. The van der Waals surface area contributed by atoms with Gasteiger partial charge >= 0.3 is 9.05 Å². The number of rotatable bonds is 4. The van der Waals surface area contributed by atoms with Crippen molar-refractivity contribution in [1.29, 1.82) is 0 Å². The molecule has 9 heavy (non-hydrogen) atoms. The van der Waals surface area contributed by atoms with Crippen LogP contribution in [-0.2, 0) is 17.7 Å². The molecular formula is C4H11O4Si. The van der Waals surface area contributed by atoms with Gasteiger partial charge in [-0.05, 0) is 0 Å². The maximum Gasteiger partial charge on any atom is 0.678 e. The van der Waals surface area contributed by atoms with Crippen molar-refractivity contribution in [2.24, 2.45) is 0 Å². The summed E-state index contributed by atoms with van der Waals surface area (Å²) in [5, 5.41) is 0. The highest BCUT2D eigenvalue weighted by atomic mass is 28.4. The SMILES string of the molecule is [CH2]O[Si](OC)(OC)OC. The predicted octanol–water partition coefficient (Wildman–Crippen LogP) is 0.169. The van der Waals surface area contributed by atoms with Crippen LogP contribution >= 0.6 is 0 Å². The average Bonchev–Trinajstić information content (AvgIpc) is 1.95. The van der Waals surface area contributed by atoms with Crippen molar-refractivity contribution in [3.8, 4) is 0 Å². The lowest BCUT2D eigenvalue weighted by atomic mass is 11.8. The second-order valence-electron chi connectivity index (χ2n) is 1.26. The van der Waals surface area contributed by atoms with Gasteiger partial charge in [-0.2, -0.15) is 0 Å². The summed E-state index contributed by atoms with van der Waals surface area (Å²) in [7, 11) is 4.70. The second-order valence-corrected chi connectivity index (χ2v) is 3.77. The Kier molecular flexibility index (Phi) is 3.99. The van der Waals surface area contributed by atoms with E-state index in [4.69, 9.17) is 13.3 Å². The monoisotopic (exact) mass is 151 g/mol. The van der Waals surface area contributed by atoms with Crippen molar-refractivity contribution in [3.05, 3.63) is 7.11 Å². The van der Waals surface area contributed by atoms with E-state index < -0.39 is 9.05 Å². The molecule has 0 aliphatic heterocycles. The molecule has 0 aromatic carbocycles. The first-order chi connectivity index (χ1) is 4.24. The van der Waals surface area contributed by atoms with Crippen LogP contribution in [-0.4, -0.2) is 30.4 Å². The molecular weight excluding hydrogens is 140 g/mol. The molecule has 0 amide bonds. The van der Waals surface area contributed by atoms with E-state index in [9.17, 15) is 0 Å². The molecule has 55 valence electrons. The lowest BCUT2D eigenvalue weighted by Crippen LogP contribution is -2.44. The topological polar surface area (TPSA) is 36.9 Å². The smallest absolute Gasteiger partial charge is 0.355 e. The van der Waals surface area contributed by atoms with Crippen molar-refractivity contribution >= 4 is 9.05 Å². The van der Waals surface area contributed by atoms with E-state index in [0.717, 1.165) is 0 Å². The molecule has 0 N–H and O–H groups in total. The number of hydrogen-bond donors (Lipinski definition) is 0. The highest BCUT2D eigenvalue weighted by molar-refractivity contribution is 6.53. The van der Waals surface area contributed by atoms with Crippen LogP contribution in [0.3, 0.4) is 0 Å². The van der Waals surface area contributed by atoms with Gasteiger partial charge in [0.25, 0.3) is 0 Å². The Bertz CT molecular complexity index is 55.5. The van der Waals surface area contributed by atoms with Gasteiger partial charge in [0.05, 0.1) is 7.11 Å². The molecule has 0 aliphatic rings. The fraction of sp³-hybridized carbons (Fsp3) is 0.750. The van der Waals surface area contributed by atoms with Gasteiger partial charge in [-0.25, -0.2) is 0 Å². The molecule has 0 aliphatic carbocycles. The van der Waals surface area contributed by atoms with Crippen molar-refractivity contribution in [2.45, 2.75) is 0 Å². The van der Waals surface area contributed by atoms with Crippen molar-refractivity contribution in [1.82, 2.24) is 0 Å². The van der Waals surface area contributed by atoms with E-state index in [-0.39, 0.29) is 0 Å². The van der Waals surface area contributed by atoms with Gasteiger partial charge in [0, 0.05) is 21.3 Å². The second kappa shape index (κ2) is 3.97. The molecule has 5 heteroatoms. The average molecular weight is 151 g/mol. The zero-order valence-electron chi connectivity index (χ0n) is 5.84. The summed E-state index contributed by atoms with van der Waals surface area (Å²) >= 11 is 0. The number of hydrogen-bond acceptors (Lipinski definition) is 4. The molecule has 4 nitrogen and oxygen atoms in total. The van der Waals surface area contributed by atoms with Gasteiger partial charge in [-0.1, -0.05) is 0 Å². The molecule has 0 unspecified atom stereocenters. The standard InChI is InChI=1S/C4H11O4Si/c1-5-9(6-2,7-3)8-4/h1H2,2-4H3. The Balaban J connectivity index is 3.82. The van der Waals surface area contributed by atoms with Crippen LogP contribution < -0.4 is 0 Å². The minimum absolute atomic E-state index is 1.45. The molecule has 0 bridgehead atoms. The summed E-state index contributed by atoms with van der Waals surface area (Å²) in [6.07, 6.45) is 0. The molecule has 0 aromatic heterocycles. The molecule has 0 saturated heterocycles. The van der Waals surface area contributed by atoms with Crippen molar-refractivity contribution in [3.63, 3.8) is 0 Å². The lowest BCUT2D eigenvalue weighted by Gasteiger charge is -2.19. The minimum Gasteiger partial charge on any atom is -0.355 e. The Labute approximate surface area is 56.2 Å². The maximum absolute atomic E-state index is 4.80. The minimum atomic E-state index is -2.80. The Hall–Kier alpha value is 0.0569. The highest BCUT2D eigenvalue weighted by Gasteiger charge is 2.40. The van der Waals surface area contributed by atoms with Crippen LogP contribution in [0.15, 0.2) is 0 Å². The van der Waals surface area contributed by atoms with Crippen LogP contribution in [0.1, 0.15) is 0 Å². The Morgan fingerprint density at radius 1 is 1.00 bits per heavy atom. The van der Waals surface area contributed by atoms with E-state index >= 15 is 0 Å². The molecule has 0 atom stereocenters. The van der Waals surface area contributed by atoms with E-state index in [1.807, 2.05) is 0 Å². The molecule has 0 heterocycles. The lowest BCUT2D eigenvalue weighted by molar-refractivity contribution is 0.0331. The van der Waals surface area contributed by atoms with Crippen LogP contribution in [0.4, 0.5) is 0 Å². The summed E-state index contributed by atoms with van der Waals surface area (Å²) in [5.74, 6) is 0. The quantitative estimate of drug-likeness (QED) is 0.537. The summed E-state index contributed by atoms with van der Waals surface area (Å²) in [6.45, 7) is 0. The van der Waals surface area contributed by atoms with Crippen molar-refractivity contribution in [2.75, 3.05) is 21.3 Å². The zero-order valence-corrected chi connectivity index (χ0v) is 6.84. The van der Waals surface area contributed by atoms with Gasteiger partial charge in [-0.15, -0.1) is 0 Å². The van der Waals surface area contributed by atoms with Gasteiger partial charge in [-0.3, -0.25) is 0 Å². The van der Waals surface area contributed by atoms with Gasteiger partial charge in [0.1, 0.15) is 0 Å². The van der Waals surface area contributed by atoms with Gasteiger partial charge in [0.2, 0.25) is 0 Å². The normalized spacial score (nSPS) is 12.0. The van der Waals surface area contributed by atoms with Crippen LogP contribution in [0, 0.1) is 7.11 Å². The van der Waals surface area contributed by atoms with Crippen molar-refractivity contribution < 1.29 is 17.7 Å². The summed E-state index contributed by atoms with van der Waals surface area (Å²) in [4.78, 5) is 0. The third-order valence-electron chi connectivity index (χ3n) is 0.927. The summed E-state index contributed by atoms with van der Waals surface area (Å²) < 4.78 is 19.0. The largest absolute Gasteiger partial charge is 0.678 e. The fourth-order valence-corrected chi connectivity index (χ4v) is 1.28. The first-order valence-electron chi connectivity index (χ1n) is 2.33. The Morgan fingerprint density at radius 2 is 1.33 bits per heavy atom. The molecule has 0 fully saturated rings. The summed E-state index contributed by atoms with van der Waals surface area (Å²) in [5.41, 5.74) is 0.